The van der Waals surface area contributed by atoms with E-state index in [1.807, 2.05) is 30.1 Å². The third kappa shape index (κ3) is 5.75. The van der Waals surface area contributed by atoms with Gasteiger partial charge in [-0.15, -0.1) is 0 Å². The molecule has 1 saturated carbocycles. The molecule has 7 heteroatoms. The van der Waals surface area contributed by atoms with Gasteiger partial charge in [0.15, 0.2) is 0 Å². The summed E-state index contributed by atoms with van der Waals surface area (Å²) in [5, 5.41) is 18.6. The highest BCUT2D eigenvalue weighted by Gasteiger charge is 2.28. The lowest BCUT2D eigenvalue weighted by molar-refractivity contribution is 0.0196. The Morgan fingerprint density at radius 3 is 2.77 bits per heavy atom. The van der Waals surface area contributed by atoms with Crippen molar-refractivity contribution < 1.29 is 9.84 Å². The quantitative estimate of drug-likeness (QED) is 0.571. The molecule has 0 radical (unpaired) electrons. The number of pyridine rings is 1. The number of hydrogen-bond acceptors (Lipinski definition) is 5. The van der Waals surface area contributed by atoms with Gasteiger partial charge in [-0.2, -0.15) is 5.10 Å². The molecule has 0 amide bonds. The summed E-state index contributed by atoms with van der Waals surface area (Å²) in [6.07, 6.45) is 11.1. The molecule has 2 aliphatic rings. The Bertz CT molecular complexity index is 915. The van der Waals surface area contributed by atoms with Gasteiger partial charge in [0.1, 0.15) is 5.15 Å². The summed E-state index contributed by atoms with van der Waals surface area (Å²) in [4.78, 5) is 4.20. The highest BCUT2D eigenvalue weighted by atomic mass is 35.5. The van der Waals surface area contributed by atoms with E-state index in [2.05, 4.69) is 27.2 Å². The second kappa shape index (κ2) is 9.38. The smallest absolute Gasteiger partial charge is 0.131 e. The van der Waals surface area contributed by atoms with Gasteiger partial charge in [0.2, 0.25) is 0 Å². The molecular formula is C23H29ClN4O2. The lowest BCUT2D eigenvalue weighted by Gasteiger charge is -2.34. The monoisotopic (exact) mass is 428 g/mol. The summed E-state index contributed by atoms with van der Waals surface area (Å²) in [6, 6.07) is 2.12. The first kappa shape index (κ1) is 21.2. The Labute approximate surface area is 183 Å². The van der Waals surface area contributed by atoms with Crippen LogP contribution in [-0.4, -0.2) is 44.7 Å². The summed E-state index contributed by atoms with van der Waals surface area (Å²) in [5.41, 5.74) is 2.04. The molecule has 2 N–H and O–H groups in total. The molecular weight excluding hydrogens is 400 g/mol. The van der Waals surface area contributed by atoms with Crippen molar-refractivity contribution >= 4 is 17.3 Å². The third-order valence-electron chi connectivity index (χ3n) is 6.05. The first-order chi connectivity index (χ1) is 14.5. The summed E-state index contributed by atoms with van der Waals surface area (Å²) in [6.45, 7) is 4.50. The molecule has 0 spiro atoms. The normalized spacial score (nSPS) is 24.8. The van der Waals surface area contributed by atoms with E-state index in [1.54, 1.807) is 6.20 Å². The van der Waals surface area contributed by atoms with Gasteiger partial charge in [0.25, 0.3) is 0 Å². The predicted octanol–water partition coefficient (Wildman–Crippen LogP) is 3.86. The Morgan fingerprint density at radius 2 is 2.00 bits per heavy atom. The fourth-order valence-corrected chi connectivity index (χ4v) is 4.27. The first-order valence-electron chi connectivity index (χ1n) is 10.7. The van der Waals surface area contributed by atoms with Crippen molar-refractivity contribution in [3.8, 4) is 11.8 Å². The van der Waals surface area contributed by atoms with E-state index in [1.165, 1.54) is 0 Å². The van der Waals surface area contributed by atoms with E-state index >= 15 is 0 Å². The third-order valence-corrected chi connectivity index (χ3v) is 6.26. The average molecular weight is 429 g/mol. The number of anilines is 1. The van der Waals surface area contributed by atoms with Crippen molar-refractivity contribution in [2.24, 2.45) is 5.92 Å². The number of ether oxygens (including phenoxy) is 1. The van der Waals surface area contributed by atoms with E-state index in [4.69, 9.17) is 16.3 Å². The fourth-order valence-electron chi connectivity index (χ4n) is 4.11. The average Bonchev–Trinajstić information content (AvgIpc) is 3.17. The molecule has 1 aliphatic heterocycles. The van der Waals surface area contributed by atoms with E-state index in [0.29, 0.717) is 17.1 Å². The molecule has 2 fully saturated rings. The SMILES string of the molecule is CC1(O)CCC(Nc2cc(Cl)ncc2C#Cc2cnn(CC3CCOCC3)c2)CC1. The Kier molecular flexibility index (Phi) is 6.62. The van der Waals surface area contributed by atoms with Crippen LogP contribution in [0.25, 0.3) is 0 Å². The van der Waals surface area contributed by atoms with Crippen LogP contribution in [0.4, 0.5) is 5.69 Å². The van der Waals surface area contributed by atoms with Crippen molar-refractivity contribution in [3.63, 3.8) is 0 Å². The molecule has 1 aliphatic carbocycles. The molecule has 160 valence electrons. The van der Waals surface area contributed by atoms with Crippen LogP contribution in [0.5, 0.6) is 0 Å². The standard InChI is InChI=1S/C23H29ClN4O2/c1-23(29)8-4-20(5-9-23)27-21-12-22(24)25-14-19(21)3-2-18-13-26-28(16-18)15-17-6-10-30-11-7-17/h12-14,16-17,20,29H,4-11,15H2,1H3,(H,25,27). The number of halogens is 1. The molecule has 3 heterocycles. The lowest BCUT2D eigenvalue weighted by atomic mass is 9.83. The van der Waals surface area contributed by atoms with Crippen LogP contribution in [0.3, 0.4) is 0 Å². The number of rotatable bonds is 4. The van der Waals surface area contributed by atoms with Crippen molar-refractivity contribution in [2.75, 3.05) is 18.5 Å². The van der Waals surface area contributed by atoms with Crippen molar-refractivity contribution in [1.29, 1.82) is 0 Å². The topological polar surface area (TPSA) is 72.2 Å². The van der Waals surface area contributed by atoms with E-state index in [0.717, 1.165) is 75.1 Å². The molecule has 1 saturated heterocycles. The largest absolute Gasteiger partial charge is 0.390 e. The summed E-state index contributed by atoms with van der Waals surface area (Å²) in [5.74, 6) is 7.05. The molecule has 0 aromatic carbocycles. The molecule has 2 aromatic heterocycles. The van der Waals surface area contributed by atoms with Crippen LogP contribution in [0.2, 0.25) is 5.15 Å². The van der Waals surface area contributed by atoms with Gasteiger partial charge < -0.3 is 15.2 Å². The van der Waals surface area contributed by atoms with Gasteiger partial charge in [0.05, 0.1) is 28.6 Å². The van der Waals surface area contributed by atoms with Gasteiger partial charge >= 0.3 is 0 Å². The Morgan fingerprint density at radius 1 is 1.23 bits per heavy atom. The Balaban J connectivity index is 1.43. The maximum absolute atomic E-state index is 10.2. The summed E-state index contributed by atoms with van der Waals surface area (Å²) in [7, 11) is 0. The predicted molar refractivity (Wildman–Crippen MR) is 117 cm³/mol. The highest BCUT2D eigenvalue weighted by Crippen LogP contribution is 2.30. The van der Waals surface area contributed by atoms with Crippen LogP contribution in [0, 0.1) is 17.8 Å². The van der Waals surface area contributed by atoms with Crippen LogP contribution in [0.15, 0.2) is 24.7 Å². The van der Waals surface area contributed by atoms with Crippen molar-refractivity contribution in [3.05, 3.63) is 40.9 Å². The van der Waals surface area contributed by atoms with Crippen LogP contribution < -0.4 is 5.32 Å². The van der Waals surface area contributed by atoms with E-state index in [-0.39, 0.29) is 0 Å². The van der Waals surface area contributed by atoms with Gasteiger partial charge in [0, 0.05) is 38.2 Å². The van der Waals surface area contributed by atoms with Gasteiger partial charge in [-0.3, -0.25) is 4.68 Å². The zero-order chi connectivity index (χ0) is 21.0. The molecule has 0 unspecified atom stereocenters. The van der Waals surface area contributed by atoms with Crippen molar-refractivity contribution in [1.82, 2.24) is 14.8 Å². The van der Waals surface area contributed by atoms with Gasteiger partial charge in [-0.1, -0.05) is 23.4 Å². The van der Waals surface area contributed by atoms with Gasteiger partial charge in [-0.05, 0) is 57.4 Å². The number of nitrogens with zero attached hydrogens (tertiary/aromatic N) is 3. The van der Waals surface area contributed by atoms with Gasteiger partial charge in [-0.25, -0.2) is 4.98 Å². The molecule has 0 atom stereocenters. The minimum atomic E-state index is -0.554. The number of hydrogen-bond donors (Lipinski definition) is 2. The van der Waals surface area contributed by atoms with Crippen molar-refractivity contribution in [2.45, 2.75) is 63.6 Å². The molecule has 30 heavy (non-hydrogen) atoms. The van der Waals surface area contributed by atoms with Crippen LogP contribution in [0.1, 0.15) is 56.6 Å². The van der Waals surface area contributed by atoms with Crippen LogP contribution >= 0.6 is 11.6 Å². The lowest BCUT2D eigenvalue weighted by Crippen LogP contribution is -2.35. The molecule has 2 aromatic rings. The number of aromatic nitrogens is 3. The zero-order valence-electron chi connectivity index (χ0n) is 17.4. The highest BCUT2D eigenvalue weighted by molar-refractivity contribution is 6.29. The maximum Gasteiger partial charge on any atom is 0.131 e. The number of nitrogens with one attached hydrogen (secondary N) is 1. The van der Waals surface area contributed by atoms with Crippen LogP contribution in [-0.2, 0) is 11.3 Å². The minimum Gasteiger partial charge on any atom is -0.390 e. The zero-order valence-corrected chi connectivity index (χ0v) is 18.2. The Hall–Kier alpha value is -2.07. The number of aliphatic hydroxyl groups is 1. The second-order valence-corrected chi connectivity index (χ2v) is 9.11. The summed E-state index contributed by atoms with van der Waals surface area (Å²) < 4.78 is 7.41. The molecule has 0 bridgehead atoms. The van der Waals surface area contributed by atoms with E-state index < -0.39 is 5.60 Å². The summed E-state index contributed by atoms with van der Waals surface area (Å²) >= 11 is 6.13. The molecule has 6 nitrogen and oxygen atoms in total. The second-order valence-electron chi connectivity index (χ2n) is 8.72. The maximum atomic E-state index is 10.2. The minimum absolute atomic E-state index is 0.298. The first-order valence-corrected chi connectivity index (χ1v) is 11.1. The fraction of sp³-hybridized carbons (Fsp3) is 0.565. The van der Waals surface area contributed by atoms with E-state index in [9.17, 15) is 5.11 Å². The molecule has 4 rings (SSSR count).